The number of hydrogen-bond donors (Lipinski definition) is 4. The number of rotatable bonds is 22. The second-order valence-electron chi connectivity index (χ2n) is 14.7. The normalized spacial score (nSPS) is 12.0. The molecule has 0 aliphatic heterocycles. The number of amides is 4. The van der Waals surface area contributed by atoms with Gasteiger partial charge >= 0.3 is 0 Å². The van der Waals surface area contributed by atoms with Crippen LogP contribution in [0.25, 0.3) is 0 Å². The van der Waals surface area contributed by atoms with Crippen LogP contribution in [0.2, 0.25) is 10.0 Å². The highest BCUT2D eigenvalue weighted by Gasteiger charge is 2.29. The van der Waals surface area contributed by atoms with Crippen LogP contribution in [0.4, 0.5) is 34.1 Å². The van der Waals surface area contributed by atoms with Crippen molar-refractivity contribution < 1.29 is 38.2 Å². The van der Waals surface area contributed by atoms with Crippen LogP contribution in [-0.2, 0) is 32.0 Å². The van der Waals surface area contributed by atoms with Crippen LogP contribution in [0.15, 0.2) is 118 Å². The number of azo groups is 2. The van der Waals surface area contributed by atoms with Gasteiger partial charge in [0.25, 0.3) is 23.6 Å². The van der Waals surface area contributed by atoms with Crippen LogP contribution in [0.5, 0.6) is 11.5 Å². The third-order valence-electron chi connectivity index (χ3n) is 9.47. The Kier molecular flexibility index (Phi) is 19.5. The van der Waals surface area contributed by atoms with E-state index < -0.39 is 47.3 Å². The van der Waals surface area contributed by atoms with E-state index in [1.54, 1.807) is 50.2 Å². The van der Waals surface area contributed by atoms with Crippen molar-refractivity contribution >= 4 is 116 Å². The summed E-state index contributed by atoms with van der Waals surface area (Å²) in [5.41, 5.74) is 3.52. The van der Waals surface area contributed by atoms with Gasteiger partial charge in [-0.2, -0.15) is 20.5 Å². The lowest BCUT2D eigenvalue weighted by Crippen LogP contribution is -2.32. The molecule has 2 unspecified atom stereocenters. The largest absolute Gasteiger partial charge is 0.488 e. The Labute approximate surface area is 412 Å². The summed E-state index contributed by atoms with van der Waals surface area (Å²) in [6, 6.07) is 22.3. The average Bonchev–Trinajstić information content (AvgIpc) is 3.28. The monoisotopic (exact) mass is 1000 g/mol. The maximum absolute atomic E-state index is 13.7. The molecule has 5 rings (SSSR count). The summed E-state index contributed by atoms with van der Waals surface area (Å²) in [5, 5.41) is 27.4. The van der Waals surface area contributed by atoms with Gasteiger partial charge in [0.1, 0.15) is 0 Å². The van der Waals surface area contributed by atoms with Crippen LogP contribution in [0, 0.1) is 0 Å². The summed E-state index contributed by atoms with van der Waals surface area (Å²) in [7, 11) is 0. The number of ketones is 2. The highest BCUT2D eigenvalue weighted by atomic mass is 35.5. The topological polar surface area (TPSA) is 218 Å². The van der Waals surface area contributed by atoms with E-state index in [1.807, 2.05) is 12.1 Å². The fourth-order valence-corrected chi connectivity index (χ4v) is 7.28. The molecule has 68 heavy (non-hydrogen) atoms. The van der Waals surface area contributed by atoms with Crippen molar-refractivity contribution in [3.8, 4) is 11.5 Å². The molecule has 20 heteroatoms. The first kappa shape index (κ1) is 52.3. The summed E-state index contributed by atoms with van der Waals surface area (Å²) in [6.45, 7) is 5.81. The minimum absolute atomic E-state index is 0.0186. The molecule has 0 saturated carbocycles. The van der Waals surface area contributed by atoms with Crippen LogP contribution >= 0.6 is 46.4 Å². The van der Waals surface area contributed by atoms with E-state index in [4.69, 9.17) is 55.9 Å². The standard InChI is InChI=1S/C48H46Cl4N8O8/c1-5-67-43-39(55-47(65)41(27(3)61)59-57-37-23-31(21-33(51)25-37)45(63)53-35-11-7-9-29(19-35)15-17-49)13-14-40(44(43)68-6-2)56-48(66)42(28(4)62)60-58-38-24-32(22-34(52)26-38)46(64)54-36-12-8-10-30(20-36)16-18-50/h7-14,19-26,41-42H,5-6,15-18H2,1-4H3,(H,53,63)(H,54,64)(H,55,65)(H,56,66). The van der Waals surface area contributed by atoms with Crippen LogP contribution in [0.3, 0.4) is 0 Å². The minimum atomic E-state index is -1.66. The SMILES string of the molecule is CCOc1c(NC(=O)C(N=Nc2cc(Cl)cc(C(=O)Nc3cccc(CCCl)c3)c2)C(C)=O)ccc(NC(=O)C(N=Nc2cc(Cl)cc(C(=O)Nc3cccc(CCCl)c3)c2)C(C)=O)c1OCC. The highest BCUT2D eigenvalue weighted by Crippen LogP contribution is 2.42. The Morgan fingerprint density at radius 2 is 0.941 bits per heavy atom. The van der Waals surface area contributed by atoms with Crippen molar-refractivity contribution in [1.82, 2.24) is 0 Å². The summed E-state index contributed by atoms with van der Waals surface area (Å²) < 4.78 is 11.8. The summed E-state index contributed by atoms with van der Waals surface area (Å²) in [4.78, 5) is 79.3. The second kappa shape index (κ2) is 25.4. The lowest BCUT2D eigenvalue weighted by atomic mass is 10.1. The number of nitrogens with one attached hydrogen (secondary N) is 4. The summed E-state index contributed by atoms with van der Waals surface area (Å²) in [6.07, 6.45) is 1.24. The molecule has 0 heterocycles. The average molecular weight is 1000 g/mol. The van der Waals surface area contributed by atoms with Gasteiger partial charge in [-0.1, -0.05) is 47.5 Å². The molecule has 354 valence electrons. The van der Waals surface area contributed by atoms with Gasteiger partial charge in [-0.05, 0) is 124 Å². The first-order valence-electron chi connectivity index (χ1n) is 21.0. The van der Waals surface area contributed by atoms with Gasteiger partial charge in [-0.25, -0.2) is 0 Å². The van der Waals surface area contributed by atoms with E-state index in [9.17, 15) is 28.8 Å². The number of Topliss-reactive ketones (excluding diaryl/α,β-unsaturated/α-hetero) is 2. The van der Waals surface area contributed by atoms with Crippen molar-refractivity contribution in [3.05, 3.63) is 129 Å². The number of benzene rings is 5. The van der Waals surface area contributed by atoms with Gasteiger partial charge in [0.2, 0.25) is 12.1 Å². The molecule has 0 fully saturated rings. The molecule has 0 aliphatic rings. The third-order valence-corrected chi connectivity index (χ3v) is 10.3. The number of halogens is 4. The van der Waals surface area contributed by atoms with Crippen molar-refractivity contribution in [2.24, 2.45) is 20.5 Å². The Morgan fingerprint density at radius 3 is 1.29 bits per heavy atom. The maximum atomic E-state index is 13.7. The first-order chi connectivity index (χ1) is 32.6. The molecule has 4 amide bonds. The van der Waals surface area contributed by atoms with Gasteiger partial charge in [0.15, 0.2) is 23.1 Å². The second-order valence-corrected chi connectivity index (χ2v) is 16.3. The molecule has 5 aromatic rings. The zero-order chi connectivity index (χ0) is 49.3. The highest BCUT2D eigenvalue weighted by molar-refractivity contribution is 6.31. The van der Waals surface area contributed by atoms with Gasteiger partial charge in [-0.3, -0.25) is 28.8 Å². The molecule has 0 spiro atoms. The zero-order valence-electron chi connectivity index (χ0n) is 37.2. The van der Waals surface area contributed by atoms with E-state index in [-0.39, 0.29) is 68.6 Å². The van der Waals surface area contributed by atoms with Crippen molar-refractivity contribution in [1.29, 1.82) is 0 Å². The lowest BCUT2D eigenvalue weighted by molar-refractivity contribution is -0.127. The number of aryl methyl sites for hydroxylation is 2. The van der Waals surface area contributed by atoms with Crippen molar-refractivity contribution in [2.45, 2.75) is 52.6 Å². The molecular weight excluding hydrogens is 958 g/mol. The predicted molar refractivity (Wildman–Crippen MR) is 265 cm³/mol. The number of nitrogens with zero attached hydrogens (tertiary/aromatic N) is 4. The smallest absolute Gasteiger partial charge is 0.258 e. The summed E-state index contributed by atoms with van der Waals surface area (Å²) in [5.74, 6) is -3.30. The first-order valence-corrected chi connectivity index (χ1v) is 22.9. The fourth-order valence-electron chi connectivity index (χ4n) is 6.38. The van der Waals surface area contributed by atoms with Crippen molar-refractivity contribution in [3.63, 3.8) is 0 Å². The summed E-state index contributed by atoms with van der Waals surface area (Å²) >= 11 is 24.4. The molecule has 0 bridgehead atoms. The van der Waals surface area contributed by atoms with Gasteiger partial charge in [0, 0.05) is 44.3 Å². The Bertz CT molecular complexity index is 2570. The quantitative estimate of drug-likeness (QED) is 0.0296. The molecule has 5 aromatic carbocycles. The number of anilines is 4. The molecule has 0 radical (unpaired) electrons. The Balaban J connectivity index is 1.33. The molecule has 0 saturated heterocycles. The molecule has 4 N–H and O–H groups in total. The van der Waals surface area contributed by atoms with E-state index >= 15 is 0 Å². The molecule has 16 nitrogen and oxygen atoms in total. The minimum Gasteiger partial charge on any atom is -0.488 e. The van der Waals surface area contributed by atoms with Gasteiger partial charge < -0.3 is 30.7 Å². The maximum Gasteiger partial charge on any atom is 0.258 e. The van der Waals surface area contributed by atoms with Crippen LogP contribution in [0.1, 0.15) is 59.5 Å². The number of ether oxygens (including phenoxy) is 2. The molecule has 2 atom stereocenters. The van der Waals surface area contributed by atoms with Gasteiger partial charge in [-0.15, -0.1) is 23.2 Å². The Hall–Kier alpha value is -6.72. The van der Waals surface area contributed by atoms with Crippen LogP contribution < -0.4 is 30.7 Å². The molecule has 0 aliphatic carbocycles. The van der Waals surface area contributed by atoms with Crippen molar-refractivity contribution in [2.75, 3.05) is 46.2 Å². The third kappa shape index (κ3) is 14.9. The predicted octanol–water partition coefficient (Wildman–Crippen LogP) is 11.2. The van der Waals surface area contributed by atoms with E-state index in [1.165, 1.54) is 48.5 Å². The molecular formula is C48H46Cl4N8O8. The number of carbonyl (C=O) groups is 6. The number of carbonyl (C=O) groups excluding carboxylic acids is 6. The fraction of sp³-hybridized carbons (Fsp3) is 0.250. The van der Waals surface area contributed by atoms with Crippen LogP contribution in [-0.4, -0.2) is 72.3 Å². The van der Waals surface area contributed by atoms with E-state index in [0.29, 0.717) is 36.0 Å². The van der Waals surface area contributed by atoms with E-state index in [0.717, 1.165) is 25.0 Å². The lowest BCUT2D eigenvalue weighted by Gasteiger charge is -2.20. The zero-order valence-corrected chi connectivity index (χ0v) is 40.2. The number of hydrogen-bond acceptors (Lipinski definition) is 12. The number of alkyl halides is 2. The van der Waals surface area contributed by atoms with Gasteiger partial charge in [0.05, 0.1) is 36.0 Å². The van der Waals surface area contributed by atoms with E-state index in [2.05, 4.69) is 41.7 Å². The molecule has 0 aromatic heterocycles. The Morgan fingerprint density at radius 1 is 0.544 bits per heavy atom.